The average Bonchev–Trinajstić information content (AvgIpc) is 2.72. The number of methoxy groups -OCH3 is 1. The van der Waals surface area contributed by atoms with Gasteiger partial charge in [-0.1, -0.05) is 55.9 Å². The van der Waals surface area contributed by atoms with Crippen molar-refractivity contribution in [2.45, 2.75) is 37.9 Å². The van der Waals surface area contributed by atoms with Gasteiger partial charge in [0.05, 0.1) is 29.0 Å². The Labute approximate surface area is 180 Å². The van der Waals surface area contributed by atoms with Gasteiger partial charge in [0.2, 0.25) is 5.91 Å². The summed E-state index contributed by atoms with van der Waals surface area (Å²) in [6.45, 7) is 6.51. The number of hydrogen-bond acceptors (Lipinski definition) is 5. The molecule has 0 aliphatic rings. The van der Waals surface area contributed by atoms with Crippen LogP contribution < -0.4 is 10.9 Å². The van der Waals surface area contributed by atoms with Crippen molar-refractivity contribution in [1.82, 2.24) is 14.9 Å². The van der Waals surface area contributed by atoms with Crippen molar-refractivity contribution in [3.63, 3.8) is 0 Å². The number of carbonyl (C=O) groups is 1. The van der Waals surface area contributed by atoms with Crippen LogP contribution in [0, 0.1) is 0 Å². The third kappa shape index (κ3) is 4.91. The summed E-state index contributed by atoms with van der Waals surface area (Å²) in [5.74, 6) is 0.258. The van der Waals surface area contributed by atoms with Gasteiger partial charge in [0.1, 0.15) is 0 Å². The highest BCUT2D eigenvalue weighted by Gasteiger charge is 2.18. The maximum absolute atomic E-state index is 13.4. The molecular formula is C23H27N3O3S. The van der Waals surface area contributed by atoms with Gasteiger partial charge >= 0.3 is 0 Å². The Bertz CT molecular complexity index is 1090. The highest BCUT2D eigenvalue weighted by molar-refractivity contribution is 7.99. The second-order valence-electron chi connectivity index (χ2n) is 7.48. The molecule has 0 aliphatic carbocycles. The first kappa shape index (κ1) is 22.1. The van der Waals surface area contributed by atoms with E-state index < -0.39 is 0 Å². The molecule has 158 valence electrons. The van der Waals surface area contributed by atoms with Gasteiger partial charge in [-0.2, -0.15) is 0 Å². The van der Waals surface area contributed by atoms with Crippen LogP contribution in [0.1, 0.15) is 32.3 Å². The fourth-order valence-electron chi connectivity index (χ4n) is 3.34. The van der Waals surface area contributed by atoms with Crippen molar-refractivity contribution in [3.05, 3.63) is 64.4 Å². The maximum atomic E-state index is 13.4. The molecule has 0 bridgehead atoms. The van der Waals surface area contributed by atoms with E-state index in [2.05, 4.69) is 19.2 Å². The minimum absolute atomic E-state index is 0.0866. The second kappa shape index (κ2) is 9.91. The summed E-state index contributed by atoms with van der Waals surface area (Å²) in [6, 6.07) is 15.0. The predicted molar refractivity (Wildman–Crippen MR) is 122 cm³/mol. The lowest BCUT2D eigenvalue weighted by atomic mass is 10.0. The van der Waals surface area contributed by atoms with Crippen LogP contribution in [-0.2, 0) is 9.53 Å². The molecule has 3 aromatic rings. The van der Waals surface area contributed by atoms with Crippen molar-refractivity contribution < 1.29 is 9.53 Å². The number of aromatic nitrogens is 2. The zero-order chi connectivity index (χ0) is 21.7. The molecule has 0 spiro atoms. The summed E-state index contributed by atoms with van der Waals surface area (Å²) in [7, 11) is 1.60. The third-order valence-corrected chi connectivity index (χ3v) is 5.64. The summed E-state index contributed by atoms with van der Waals surface area (Å²) in [4.78, 5) is 30.5. The molecule has 3 rings (SSSR count). The largest absolute Gasteiger partial charge is 0.383 e. The van der Waals surface area contributed by atoms with Crippen LogP contribution in [0.15, 0.2) is 58.5 Å². The summed E-state index contributed by atoms with van der Waals surface area (Å²) in [6.07, 6.45) is 0. The fraction of sp³-hybridized carbons (Fsp3) is 0.348. The van der Waals surface area contributed by atoms with Crippen LogP contribution in [0.5, 0.6) is 0 Å². The van der Waals surface area contributed by atoms with Crippen LogP contribution in [-0.4, -0.2) is 41.0 Å². The van der Waals surface area contributed by atoms with Gasteiger partial charge in [-0.15, -0.1) is 0 Å². The highest BCUT2D eigenvalue weighted by Crippen LogP contribution is 2.27. The molecule has 1 heterocycles. The number of nitrogens with one attached hydrogen (secondary N) is 1. The van der Waals surface area contributed by atoms with Gasteiger partial charge in [0, 0.05) is 13.2 Å². The Morgan fingerprint density at radius 2 is 1.83 bits per heavy atom. The standard InChI is InChI=1S/C23H27N3O3S/c1-15(2)17-9-6-8-12-20(17)26-22(28)18-10-5-7-11-19(18)25-23(26)30-14-21(27)24-16(3)13-29-4/h5-12,15-16H,13-14H2,1-4H3,(H,24,27)/t16-/m1/s1. The van der Waals surface area contributed by atoms with Gasteiger partial charge in [0.25, 0.3) is 5.56 Å². The van der Waals surface area contributed by atoms with E-state index in [0.717, 1.165) is 11.3 Å². The number of fused-ring (bicyclic) bond motifs is 1. The first-order chi connectivity index (χ1) is 14.4. The molecule has 2 aromatic carbocycles. The van der Waals surface area contributed by atoms with Gasteiger partial charge < -0.3 is 10.1 Å². The Hall–Kier alpha value is -2.64. The molecule has 0 fully saturated rings. The normalized spacial score (nSPS) is 12.3. The number of thioether (sulfide) groups is 1. The summed E-state index contributed by atoms with van der Waals surface area (Å²) < 4.78 is 6.70. The number of hydrogen-bond donors (Lipinski definition) is 1. The lowest BCUT2D eigenvalue weighted by Gasteiger charge is -2.18. The molecule has 7 heteroatoms. The number of carbonyl (C=O) groups excluding carboxylic acids is 1. The molecule has 0 radical (unpaired) electrons. The van der Waals surface area contributed by atoms with E-state index in [0.29, 0.717) is 22.7 Å². The van der Waals surface area contributed by atoms with Crippen LogP contribution in [0.4, 0.5) is 0 Å². The molecule has 0 saturated heterocycles. The maximum Gasteiger partial charge on any atom is 0.266 e. The van der Waals surface area contributed by atoms with Gasteiger partial charge in [-0.3, -0.25) is 14.2 Å². The quantitative estimate of drug-likeness (QED) is 0.440. The number of para-hydroxylation sites is 2. The second-order valence-corrected chi connectivity index (χ2v) is 8.42. The topological polar surface area (TPSA) is 73.2 Å². The van der Waals surface area contributed by atoms with Crippen LogP contribution in [0.2, 0.25) is 0 Å². The minimum atomic E-state index is -0.135. The van der Waals surface area contributed by atoms with E-state index in [1.165, 1.54) is 11.8 Å². The van der Waals surface area contributed by atoms with Crippen LogP contribution in [0.25, 0.3) is 16.6 Å². The zero-order valence-electron chi connectivity index (χ0n) is 17.7. The van der Waals surface area contributed by atoms with Crippen molar-refractivity contribution in [1.29, 1.82) is 0 Å². The Kier molecular flexibility index (Phi) is 7.29. The van der Waals surface area contributed by atoms with Gasteiger partial charge in [-0.05, 0) is 36.6 Å². The van der Waals surface area contributed by atoms with E-state index in [9.17, 15) is 9.59 Å². The number of benzene rings is 2. The molecule has 30 heavy (non-hydrogen) atoms. The molecular weight excluding hydrogens is 398 g/mol. The van der Waals surface area contributed by atoms with Crippen LogP contribution in [0.3, 0.4) is 0 Å². The molecule has 0 saturated carbocycles. The highest BCUT2D eigenvalue weighted by atomic mass is 32.2. The Morgan fingerprint density at radius 1 is 1.13 bits per heavy atom. The van der Waals surface area contributed by atoms with Crippen molar-refractivity contribution in [2.24, 2.45) is 0 Å². The average molecular weight is 426 g/mol. The van der Waals surface area contributed by atoms with E-state index >= 15 is 0 Å². The molecule has 1 aromatic heterocycles. The first-order valence-electron chi connectivity index (χ1n) is 9.94. The van der Waals surface area contributed by atoms with Crippen LogP contribution >= 0.6 is 11.8 Å². The number of amides is 1. The molecule has 1 amide bonds. The number of nitrogens with zero attached hydrogens (tertiary/aromatic N) is 2. The summed E-state index contributed by atoms with van der Waals surface area (Å²) >= 11 is 1.26. The zero-order valence-corrected chi connectivity index (χ0v) is 18.5. The van der Waals surface area contributed by atoms with E-state index in [-0.39, 0.29) is 29.2 Å². The lowest BCUT2D eigenvalue weighted by Crippen LogP contribution is -2.36. The van der Waals surface area contributed by atoms with E-state index in [1.807, 2.05) is 49.4 Å². The van der Waals surface area contributed by atoms with Crippen molar-refractivity contribution in [2.75, 3.05) is 19.5 Å². The molecule has 1 atom stereocenters. The third-order valence-electron chi connectivity index (χ3n) is 4.70. The molecule has 0 unspecified atom stereocenters. The van der Waals surface area contributed by atoms with Gasteiger partial charge in [0.15, 0.2) is 5.16 Å². The molecule has 1 N–H and O–H groups in total. The van der Waals surface area contributed by atoms with Crippen molar-refractivity contribution in [3.8, 4) is 5.69 Å². The minimum Gasteiger partial charge on any atom is -0.383 e. The van der Waals surface area contributed by atoms with E-state index in [1.54, 1.807) is 17.7 Å². The molecule has 0 aliphatic heterocycles. The summed E-state index contributed by atoms with van der Waals surface area (Å²) in [5, 5.41) is 3.95. The van der Waals surface area contributed by atoms with Gasteiger partial charge in [-0.25, -0.2) is 4.98 Å². The lowest BCUT2D eigenvalue weighted by molar-refractivity contribution is -0.119. The number of ether oxygens (including phenoxy) is 1. The smallest absolute Gasteiger partial charge is 0.266 e. The Morgan fingerprint density at radius 3 is 2.57 bits per heavy atom. The first-order valence-corrected chi connectivity index (χ1v) is 10.9. The SMILES string of the molecule is COC[C@@H](C)NC(=O)CSc1nc2ccccc2c(=O)n1-c1ccccc1C(C)C. The monoisotopic (exact) mass is 425 g/mol. The Balaban J connectivity index is 2.04. The fourth-order valence-corrected chi connectivity index (χ4v) is 4.16. The van der Waals surface area contributed by atoms with Crippen molar-refractivity contribution >= 4 is 28.6 Å². The van der Waals surface area contributed by atoms with E-state index in [4.69, 9.17) is 9.72 Å². The predicted octanol–water partition coefficient (Wildman–Crippen LogP) is 3.75. The summed E-state index contributed by atoms with van der Waals surface area (Å²) in [5.41, 5.74) is 2.34. The molecule has 6 nitrogen and oxygen atoms in total. The number of rotatable bonds is 8.